The highest BCUT2D eigenvalue weighted by atomic mass is 16.5. The molecule has 0 saturated heterocycles. The predicted octanol–water partition coefficient (Wildman–Crippen LogP) is 3.82. The maximum Gasteiger partial charge on any atom is 0.197 e. The van der Waals surface area contributed by atoms with Gasteiger partial charge < -0.3 is 14.6 Å². The van der Waals surface area contributed by atoms with Crippen LogP contribution in [0.3, 0.4) is 0 Å². The van der Waals surface area contributed by atoms with Crippen LogP contribution in [0.5, 0.6) is 0 Å². The molecule has 0 amide bonds. The molecule has 1 aromatic rings. The van der Waals surface area contributed by atoms with Crippen LogP contribution in [0.15, 0.2) is 65.3 Å². The molecule has 0 fully saturated rings. The molecule has 0 unspecified atom stereocenters. The van der Waals surface area contributed by atoms with E-state index in [-0.39, 0.29) is 22.5 Å². The standard InChI is InChI=1S/C20H20O4/c1-20(2)15-8-6-5-7-13(15)18-16(20)10-17(21)14(19(18)22)9-12(24-4)11-23-3/h5-11,21H,1-4H3/b12-11-,14-9-. The van der Waals surface area contributed by atoms with Crippen LogP contribution in [0, 0.1) is 0 Å². The lowest BCUT2D eigenvalue weighted by atomic mass is 9.79. The Balaban J connectivity index is 2.17. The van der Waals surface area contributed by atoms with E-state index in [4.69, 9.17) is 9.47 Å². The predicted molar refractivity (Wildman–Crippen MR) is 92.3 cm³/mol. The van der Waals surface area contributed by atoms with Crippen LogP contribution < -0.4 is 0 Å². The van der Waals surface area contributed by atoms with E-state index in [1.807, 2.05) is 24.3 Å². The van der Waals surface area contributed by atoms with Crippen LogP contribution in [0.1, 0.15) is 25.0 Å². The fourth-order valence-corrected chi connectivity index (χ4v) is 3.35. The first-order chi connectivity index (χ1) is 11.4. The number of ketones is 1. The minimum Gasteiger partial charge on any atom is -0.507 e. The molecule has 124 valence electrons. The number of allylic oxidation sites excluding steroid dienone is 5. The van der Waals surface area contributed by atoms with Crippen LogP contribution in [0.25, 0.3) is 5.57 Å². The second-order valence-electron chi connectivity index (χ2n) is 6.34. The van der Waals surface area contributed by atoms with Crippen LogP contribution in [0.2, 0.25) is 0 Å². The summed E-state index contributed by atoms with van der Waals surface area (Å²) in [5, 5.41) is 10.4. The number of fused-ring (bicyclic) bond motifs is 2. The van der Waals surface area contributed by atoms with Gasteiger partial charge in [-0.25, -0.2) is 0 Å². The summed E-state index contributed by atoms with van der Waals surface area (Å²) in [6.07, 6.45) is 4.56. The van der Waals surface area contributed by atoms with Gasteiger partial charge in [0, 0.05) is 11.0 Å². The van der Waals surface area contributed by atoms with Crippen molar-refractivity contribution in [3.8, 4) is 0 Å². The molecule has 0 saturated carbocycles. The van der Waals surface area contributed by atoms with Crippen molar-refractivity contribution in [1.82, 2.24) is 0 Å². The molecular weight excluding hydrogens is 304 g/mol. The Bertz CT molecular complexity index is 835. The number of hydrogen-bond acceptors (Lipinski definition) is 4. The number of methoxy groups -OCH3 is 2. The van der Waals surface area contributed by atoms with E-state index < -0.39 is 0 Å². The van der Waals surface area contributed by atoms with Gasteiger partial charge in [-0.1, -0.05) is 38.1 Å². The van der Waals surface area contributed by atoms with Crippen molar-refractivity contribution in [2.45, 2.75) is 19.3 Å². The van der Waals surface area contributed by atoms with Gasteiger partial charge in [-0.05, 0) is 28.9 Å². The summed E-state index contributed by atoms with van der Waals surface area (Å²) in [7, 11) is 2.97. The molecule has 3 rings (SSSR count). The molecule has 2 aliphatic rings. The van der Waals surface area contributed by atoms with Crippen LogP contribution in [-0.4, -0.2) is 25.1 Å². The number of ether oxygens (including phenoxy) is 2. The molecule has 1 aromatic carbocycles. The third kappa shape index (κ3) is 2.26. The molecule has 0 bridgehead atoms. The van der Waals surface area contributed by atoms with E-state index in [0.29, 0.717) is 11.3 Å². The highest BCUT2D eigenvalue weighted by Crippen LogP contribution is 2.50. The van der Waals surface area contributed by atoms with Gasteiger partial charge in [0.25, 0.3) is 0 Å². The van der Waals surface area contributed by atoms with E-state index in [2.05, 4.69) is 13.8 Å². The Labute approximate surface area is 141 Å². The van der Waals surface area contributed by atoms with Crippen LogP contribution in [-0.2, 0) is 19.7 Å². The van der Waals surface area contributed by atoms with Gasteiger partial charge in [0.05, 0.1) is 19.8 Å². The maximum absolute atomic E-state index is 13.1. The molecule has 24 heavy (non-hydrogen) atoms. The van der Waals surface area contributed by atoms with Crippen molar-refractivity contribution in [3.05, 3.63) is 76.5 Å². The fourth-order valence-electron chi connectivity index (χ4n) is 3.35. The summed E-state index contributed by atoms with van der Waals surface area (Å²) in [5.41, 5.74) is 3.38. The third-order valence-electron chi connectivity index (χ3n) is 4.60. The Morgan fingerprint density at radius 1 is 1.21 bits per heavy atom. The summed E-state index contributed by atoms with van der Waals surface area (Å²) in [5.74, 6) is 0.0937. The summed E-state index contributed by atoms with van der Waals surface area (Å²) in [6.45, 7) is 4.12. The van der Waals surface area contributed by atoms with Crippen molar-refractivity contribution in [2.24, 2.45) is 0 Å². The van der Waals surface area contributed by atoms with E-state index in [1.54, 1.807) is 6.08 Å². The number of carbonyl (C=O) groups excluding carboxylic acids is 1. The molecule has 0 aliphatic heterocycles. The normalized spacial score (nSPS) is 20.7. The topological polar surface area (TPSA) is 55.8 Å². The largest absolute Gasteiger partial charge is 0.507 e. The number of benzene rings is 1. The minimum atomic E-state index is -0.326. The van der Waals surface area contributed by atoms with Gasteiger partial charge in [0.2, 0.25) is 0 Å². The average Bonchev–Trinajstić information content (AvgIpc) is 2.78. The van der Waals surface area contributed by atoms with Gasteiger partial charge in [-0.3, -0.25) is 4.79 Å². The number of rotatable bonds is 3. The Morgan fingerprint density at radius 3 is 2.58 bits per heavy atom. The smallest absolute Gasteiger partial charge is 0.197 e. The lowest BCUT2D eigenvalue weighted by molar-refractivity contribution is -0.110. The Morgan fingerprint density at radius 2 is 1.92 bits per heavy atom. The summed E-state index contributed by atoms with van der Waals surface area (Å²) in [4.78, 5) is 13.1. The zero-order valence-corrected chi connectivity index (χ0v) is 14.2. The Kier molecular flexibility index (Phi) is 3.84. The second kappa shape index (κ2) is 5.71. The lowest BCUT2D eigenvalue weighted by Gasteiger charge is -2.24. The Hall–Kier alpha value is -2.75. The molecule has 0 radical (unpaired) electrons. The first-order valence-electron chi connectivity index (χ1n) is 7.70. The van der Waals surface area contributed by atoms with Gasteiger partial charge in [0.1, 0.15) is 12.0 Å². The molecule has 0 aromatic heterocycles. The number of aliphatic hydroxyl groups is 1. The number of Topliss-reactive ketones (excluding diaryl/α,β-unsaturated/α-hetero) is 1. The molecular formula is C20H20O4. The first-order valence-corrected chi connectivity index (χ1v) is 7.70. The van der Waals surface area contributed by atoms with Gasteiger partial charge in [-0.2, -0.15) is 0 Å². The van der Waals surface area contributed by atoms with Gasteiger partial charge in [-0.15, -0.1) is 0 Å². The number of carbonyl (C=O) groups is 1. The minimum absolute atomic E-state index is 0.0568. The van der Waals surface area contributed by atoms with Crippen LogP contribution in [0.4, 0.5) is 0 Å². The molecule has 4 heteroatoms. The van der Waals surface area contributed by atoms with Crippen LogP contribution >= 0.6 is 0 Å². The van der Waals surface area contributed by atoms with Crippen molar-refractivity contribution in [1.29, 1.82) is 0 Å². The first kappa shape index (κ1) is 16.1. The monoisotopic (exact) mass is 324 g/mol. The van der Waals surface area contributed by atoms with E-state index in [9.17, 15) is 9.90 Å². The van der Waals surface area contributed by atoms with E-state index in [0.717, 1.165) is 16.7 Å². The maximum atomic E-state index is 13.1. The second-order valence-corrected chi connectivity index (χ2v) is 6.34. The average molecular weight is 324 g/mol. The zero-order valence-electron chi connectivity index (χ0n) is 14.2. The lowest BCUT2D eigenvalue weighted by Crippen LogP contribution is -2.20. The molecule has 1 N–H and O–H groups in total. The molecule has 0 heterocycles. The van der Waals surface area contributed by atoms with Crippen molar-refractivity contribution in [3.63, 3.8) is 0 Å². The van der Waals surface area contributed by atoms with E-state index >= 15 is 0 Å². The summed E-state index contributed by atoms with van der Waals surface area (Å²) >= 11 is 0. The molecule has 0 spiro atoms. The third-order valence-corrected chi connectivity index (χ3v) is 4.60. The van der Waals surface area contributed by atoms with Crippen molar-refractivity contribution >= 4 is 11.4 Å². The molecule has 4 nitrogen and oxygen atoms in total. The highest BCUT2D eigenvalue weighted by molar-refractivity contribution is 6.34. The summed E-state index contributed by atoms with van der Waals surface area (Å²) < 4.78 is 10.1. The highest BCUT2D eigenvalue weighted by Gasteiger charge is 2.42. The number of hydrogen-bond donors (Lipinski definition) is 1. The van der Waals surface area contributed by atoms with E-state index in [1.165, 1.54) is 26.6 Å². The molecule has 2 aliphatic carbocycles. The quantitative estimate of drug-likeness (QED) is 0.678. The van der Waals surface area contributed by atoms with Gasteiger partial charge >= 0.3 is 0 Å². The zero-order chi connectivity index (χ0) is 17.5. The van der Waals surface area contributed by atoms with Crippen molar-refractivity contribution < 1.29 is 19.4 Å². The summed E-state index contributed by atoms with van der Waals surface area (Å²) in [6, 6.07) is 7.87. The fraction of sp³-hybridized carbons (Fsp3) is 0.250. The SMILES string of the molecule is CO/C=C(/C=C1\C(=O)C2=C(C=C1O)C(C)(C)c1ccccc12)OC. The molecule has 0 atom stereocenters. The number of aliphatic hydroxyl groups excluding tert-OH is 1. The van der Waals surface area contributed by atoms with Crippen molar-refractivity contribution in [2.75, 3.05) is 14.2 Å². The van der Waals surface area contributed by atoms with Gasteiger partial charge in [0.15, 0.2) is 11.5 Å².